The second-order valence-electron chi connectivity index (χ2n) is 7.23. The molecule has 1 unspecified atom stereocenters. The van der Waals surface area contributed by atoms with Crippen molar-refractivity contribution in [3.05, 3.63) is 83.1 Å². The van der Waals surface area contributed by atoms with Crippen LogP contribution in [-0.2, 0) is 25.7 Å². The highest BCUT2D eigenvalue weighted by atomic mass is 15.3. The molecule has 1 saturated heterocycles. The van der Waals surface area contributed by atoms with Crippen molar-refractivity contribution in [3.8, 4) is 0 Å². The average molecular weight is 335 g/mol. The number of hydrogen-bond acceptors (Lipinski definition) is 2. The minimum atomic E-state index is 0.375. The van der Waals surface area contributed by atoms with Crippen molar-refractivity contribution < 1.29 is 0 Å². The van der Waals surface area contributed by atoms with Gasteiger partial charge in [-0.25, -0.2) is 0 Å². The molecule has 1 atom stereocenters. The summed E-state index contributed by atoms with van der Waals surface area (Å²) in [5.41, 5.74) is 6.84. The predicted octanol–water partition coefficient (Wildman–Crippen LogP) is 4.34. The molecule has 25 heavy (non-hydrogen) atoms. The lowest BCUT2D eigenvalue weighted by molar-refractivity contribution is 0.293. The standard InChI is InChI=1S/C23H30N2/c1-4-19-11-13-20(14-12-19)7-5-8-21-9-6-10-22(15-21)16-23-24-18(2)17-25(23)3/h6,9-15,23-24H,2,4-5,7-8,16-17H2,1,3H3. The third-order valence-corrected chi connectivity index (χ3v) is 5.13. The van der Waals surface area contributed by atoms with Crippen molar-refractivity contribution in [2.24, 2.45) is 0 Å². The second-order valence-corrected chi connectivity index (χ2v) is 7.23. The Balaban J connectivity index is 1.52. The zero-order chi connectivity index (χ0) is 17.6. The van der Waals surface area contributed by atoms with Gasteiger partial charge >= 0.3 is 0 Å². The minimum absolute atomic E-state index is 0.375. The quantitative estimate of drug-likeness (QED) is 0.810. The highest BCUT2D eigenvalue weighted by Gasteiger charge is 2.22. The van der Waals surface area contributed by atoms with Gasteiger partial charge in [0.1, 0.15) is 0 Å². The van der Waals surface area contributed by atoms with Crippen molar-refractivity contribution in [1.82, 2.24) is 10.2 Å². The van der Waals surface area contributed by atoms with E-state index in [2.05, 4.69) is 79.3 Å². The van der Waals surface area contributed by atoms with E-state index >= 15 is 0 Å². The number of likely N-dealkylation sites (N-methyl/N-ethyl adjacent to an activating group) is 1. The Morgan fingerprint density at radius 1 is 1.00 bits per heavy atom. The maximum atomic E-state index is 4.04. The van der Waals surface area contributed by atoms with E-state index in [0.717, 1.165) is 37.9 Å². The van der Waals surface area contributed by atoms with Gasteiger partial charge in [-0.05, 0) is 55.0 Å². The highest BCUT2D eigenvalue weighted by Crippen LogP contribution is 2.16. The summed E-state index contributed by atoms with van der Waals surface area (Å²) in [6.45, 7) is 7.19. The van der Waals surface area contributed by atoms with E-state index < -0.39 is 0 Å². The summed E-state index contributed by atoms with van der Waals surface area (Å²) in [6, 6.07) is 18.1. The Morgan fingerprint density at radius 3 is 2.36 bits per heavy atom. The maximum absolute atomic E-state index is 4.04. The normalized spacial score (nSPS) is 17.7. The van der Waals surface area contributed by atoms with Gasteiger partial charge in [-0.1, -0.05) is 62.0 Å². The lowest BCUT2D eigenvalue weighted by Gasteiger charge is -2.19. The number of rotatable bonds is 7. The summed E-state index contributed by atoms with van der Waals surface area (Å²) in [5, 5.41) is 3.48. The van der Waals surface area contributed by atoms with Crippen molar-refractivity contribution >= 4 is 0 Å². The third kappa shape index (κ3) is 4.96. The largest absolute Gasteiger partial charge is 0.372 e. The Bertz CT molecular complexity index is 702. The third-order valence-electron chi connectivity index (χ3n) is 5.13. The molecule has 1 aliphatic heterocycles. The summed E-state index contributed by atoms with van der Waals surface area (Å²) < 4.78 is 0. The van der Waals surface area contributed by atoms with E-state index in [1.54, 1.807) is 0 Å². The van der Waals surface area contributed by atoms with E-state index in [1.165, 1.54) is 28.7 Å². The molecule has 0 radical (unpaired) electrons. The van der Waals surface area contributed by atoms with Crippen molar-refractivity contribution in [2.75, 3.05) is 13.6 Å². The predicted molar refractivity (Wildman–Crippen MR) is 107 cm³/mol. The van der Waals surface area contributed by atoms with Crippen molar-refractivity contribution in [1.29, 1.82) is 0 Å². The van der Waals surface area contributed by atoms with Gasteiger partial charge in [-0.2, -0.15) is 0 Å². The van der Waals surface area contributed by atoms with E-state index in [9.17, 15) is 0 Å². The Labute approximate surface area is 152 Å². The summed E-state index contributed by atoms with van der Waals surface area (Å²) in [5.74, 6) is 0. The lowest BCUT2D eigenvalue weighted by Crippen LogP contribution is -2.34. The molecule has 0 saturated carbocycles. The van der Waals surface area contributed by atoms with E-state index in [4.69, 9.17) is 0 Å². The van der Waals surface area contributed by atoms with Crippen molar-refractivity contribution in [2.45, 2.75) is 45.2 Å². The molecule has 0 aliphatic carbocycles. The molecule has 0 bridgehead atoms. The molecule has 2 heteroatoms. The molecule has 1 aliphatic rings. The first kappa shape index (κ1) is 17.8. The fraction of sp³-hybridized carbons (Fsp3) is 0.391. The van der Waals surface area contributed by atoms with Gasteiger partial charge in [0.15, 0.2) is 0 Å². The van der Waals surface area contributed by atoms with Crippen molar-refractivity contribution in [3.63, 3.8) is 0 Å². The van der Waals surface area contributed by atoms with Crippen LogP contribution < -0.4 is 5.32 Å². The molecule has 0 aromatic heterocycles. The van der Waals surface area contributed by atoms with Crippen LogP contribution in [0.1, 0.15) is 35.6 Å². The summed E-state index contributed by atoms with van der Waals surface area (Å²) in [7, 11) is 2.16. The van der Waals surface area contributed by atoms with Crippen LogP contribution in [0.5, 0.6) is 0 Å². The molecule has 2 nitrogen and oxygen atoms in total. The number of aryl methyl sites for hydroxylation is 3. The van der Waals surface area contributed by atoms with Gasteiger partial charge in [0.2, 0.25) is 0 Å². The average Bonchev–Trinajstić information content (AvgIpc) is 2.93. The van der Waals surface area contributed by atoms with Crippen LogP contribution in [-0.4, -0.2) is 24.7 Å². The lowest BCUT2D eigenvalue weighted by atomic mass is 10.00. The Morgan fingerprint density at radius 2 is 1.68 bits per heavy atom. The minimum Gasteiger partial charge on any atom is -0.372 e. The van der Waals surface area contributed by atoms with Crippen LogP contribution >= 0.6 is 0 Å². The van der Waals surface area contributed by atoms with Gasteiger partial charge in [0, 0.05) is 18.7 Å². The van der Waals surface area contributed by atoms with Crippen LogP contribution in [0.15, 0.2) is 60.8 Å². The maximum Gasteiger partial charge on any atom is 0.0832 e. The molecule has 0 amide bonds. The van der Waals surface area contributed by atoms with E-state index in [1.807, 2.05) is 0 Å². The molecule has 132 valence electrons. The van der Waals surface area contributed by atoms with Crippen LogP contribution in [0.25, 0.3) is 0 Å². The zero-order valence-corrected chi connectivity index (χ0v) is 15.6. The van der Waals surface area contributed by atoms with Gasteiger partial charge < -0.3 is 5.32 Å². The molecule has 0 spiro atoms. The van der Waals surface area contributed by atoms with Gasteiger partial charge in [-0.3, -0.25) is 4.90 Å². The summed E-state index contributed by atoms with van der Waals surface area (Å²) in [6.07, 6.45) is 6.02. The molecule has 2 aromatic rings. The SMILES string of the molecule is C=C1CN(C)C(Cc2cccc(CCCc3ccc(CC)cc3)c2)N1. The molecular formula is C23H30N2. The number of nitrogens with one attached hydrogen (secondary N) is 1. The fourth-order valence-corrected chi connectivity index (χ4v) is 3.58. The molecule has 1 fully saturated rings. The van der Waals surface area contributed by atoms with Crippen LogP contribution in [0.4, 0.5) is 0 Å². The fourth-order valence-electron chi connectivity index (χ4n) is 3.58. The second kappa shape index (κ2) is 8.35. The van der Waals surface area contributed by atoms with E-state index in [-0.39, 0.29) is 0 Å². The van der Waals surface area contributed by atoms with Crippen LogP contribution in [0.2, 0.25) is 0 Å². The summed E-state index contributed by atoms with van der Waals surface area (Å²) in [4.78, 5) is 2.33. The van der Waals surface area contributed by atoms with Crippen LogP contribution in [0.3, 0.4) is 0 Å². The van der Waals surface area contributed by atoms with Gasteiger partial charge in [-0.15, -0.1) is 0 Å². The smallest absolute Gasteiger partial charge is 0.0832 e. The highest BCUT2D eigenvalue weighted by molar-refractivity contribution is 5.26. The van der Waals surface area contributed by atoms with Gasteiger partial charge in [0.25, 0.3) is 0 Å². The molecule has 2 aromatic carbocycles. The Hall–Kier alpha value is -2.06. The first-order chi connectivity index (χ1) is 12.1. The topological polar surface area (TPSA) is 15.3 Å². The molecule has 1 heterocycles. The Kier molecular flexibility index (Phi) is 5.93. The van der Waals surface area contributed by atoms with Crippen LogP contribution in [0, 0.1) is 0 Å². The number of nitrogens with zero attached hydrogens (tertiary/aromatic N) is 1. The molecule has 1 N–H and O–H groups in total. The van der Waals surface area contributed by atoms with E-state index in [0.29, 0.717) is 6.17 Å². The molecular weight excluding hydrogens is 304 g/mol. The zero-order valence-electron chi connectivity index (χ0n) is 15.6. The number of hydrogen-bond donors (Lipinski definition) is 1. The monoisotopic (exact) mass is 334 g/mol. The molecule has 3 rings (SSSR count). The first-order valence-corrected chi connectivity index (χ1v) is 9.44. The first-order valence-electron chi connectivity index (χ1n) is 9.44. The number of benzene rings is 2. The van der Waals surface area contributed by atoms with Gasteiger partial charge in [0.05, 0.1) is 6.17 Å². The summed E-state index contributed by atoms with van der Waals surface area (Å²) >= 11 is 0.